The van der Waals surface area contributed by atoms with Crippen LogP contribution in [0.4, 0.5) is 0 Å². The van der Waals surface area contributed by atoms with Crippen LogP contribution in [0, 0.1) is 18.3 Å². The van der Waals surface area contributed by atoms with Crippen molar-refractivity contribution in [3.05, 3.63) is 52.8 Å². The van der Waals surface area contributed by atoms with E-state index in [0.29, 0.717) is 16.2 Å². The average molecular weight is 269 g/mol. The highest BCUT2D eigenvalue weighted by Gasteiger charge is 2.10. The summed E-state index contributed by atoms with van der Waals surface area (Å²) in [5, 5.41) is 13.8. The monoisotopic (exact) mass is 268 g/mol. The number of rotatable bonds is 1. The standard InChI is InChI=1S/C14H9ClN4/c1-9-3-2-4-11(13(9)15)12-5-6-19-14(18-12)10(7-16)8-17-19/h2-6,8H,1H3. The van der Waals surface area contributed by atoms with Crippen LogP contribution in [0.15, 0.2) is 36.7 Å². The molecular formula is C14H9ClN4. The molecule has 0 bridgehead atoms. The number of nitriles is 1. The van der Waals surface area contributed by atoms with Gasteiger partial charge in [-0.25, -0.2) is 9.50 Å². The Kier molecular flexibility index (Phi) is 2.69. The lowest BCUT2D eigenvalue weighted by molar-refractivity contribution is 0.941. The van der Waals surface area contributed by atoms with E-state index >= 15 is 0 Å². The van der Waals surface area contributed by atoms with E-state index in [-0.39, 0.29) is 0 Å². The first-order chi connectivity index (χ1) is 9.20. The highest BCUT2D eigenvalue weighted by Crippen LogP contribution is 2.29. The van der Waals surface area contributed by atoms with E-state index in [1.54, 1.807) is 10.7 Å². The van der Waals surface area contributed by atoms with Crippen LogP contribution < -0.4 is 0 Å². The van der Waals surface area contributed by atoms with Crippen LogP contribution in [-0.2, 0) is 0 Å². The second kappa shape index (κ2) is 4.38. The molecule has 19 heavy (non-hydrogen) atoms. The number of aromatic nitrogens is 3. The normalized spacial score (nSPS) is 10.6. The summed E-state index contributed by atoms with van der Waals surface area (Å²) in [4.78, 5) is 4.47. The molecule has 3 aromatic rings. The number of hydrogen-bond acceptors (Lipinski definition) is 3. The lowest BCUT2D eigenvalue weighted by Crippen LogP contribution is -1.93. The highest BCUT2D eigenvalue weighted by atomic mass is 35.5. The van der Waals surface area contributed by atoms with Crippen LogP contribution >= 0.6 is 11.6 Å². The largest absolute Gasteiger partial charge is 0.227 e. The zero-order chi connectivity index (χ0) is 13.4. The maximum atomic E-state index is 9.02. The first-order valence-corrected chi connectivity index (χ1v) is 6.08. The first-order valence-electron chi connectivity index (χ1n) is 5.70. The van der Waals surface area contributed by atoms with Crippen molar-refractivity contribution >= 4 is 17.2 Å². The summed E-state index contributed by atoms with van der Waals surface area (Å²) in [5.74, 6) is 0. The van der Waals surface area contributed by atoms with Crippen molar-refractivity contribution in [2.75, 3.05) is 0 Å². The van der Waals surface area contributed by atoms with Crippen LogP contribution in [0.1, 0.15) is 11.1 Å². The molecule has 3 rings (SSSR count). The van der Waals surface area contributed by atoms with Gasteiger partial charge >= 0.3 is 0 Å². The molecule has 4 nitrogen and oxygen atoms in total. The average Bonchev–Trinajstić information content (AvgIpc) is 2.84. The van der Waals surface area contributed by atoms with Crippen molar-refractivity contribution in [3.63, 3.8) is 0 Å². The predicted octanol–water partition coefficient (Wildman–Crippen LogP) is 3.23. The summed E-state index contributed by atoms with van der Waals surface area (Å²) in [5.41, 5.74) is 3.57. The Hall–Kier alpha value is -2.38. The molecule has 0 spiro atoms. The highest BCUT2D eigenvalue weighted by molar-refractivity contribution is 6.34. The zero-order valence-corrected chi connectivity index (χ0v) is 10.9. The van der Waals surface area contributed by atoms with Crippen LogP contribution in [0.25, 0.3) is 16.9 Å². The summed E-state index contributed by atoms with van der Waals surface area (Å²) >= 11 is 6.30. The Bertz CT molecular complexity index is 814. The number of halogens is 1. The SMILES string of the molecule is Cc1cccc(-c2ccn3ncc(C#N)c3n2)c1Cl. The van der Waals surface area contributed by atoms with Crippen LogP contribution in [-0.4, -0.2) is 14.6 Å². The molecule has 0 saturated heterocycles. The molecule has 5 heteroatoms. The number of nitrogens with zero attached hydrogens (tertiary/aromatic N) is 4. The molecule has 1 aromatic carbocycles. The number of hydrogen-bond donors (Lipinski definition) is 0. The van der Waals surface area contributed by atoms with Gasteiger partial charge in [0.2, 0.25) is 0 Å². The van der Waals surface area contributed by atoms with Crippen molar-refractivity contribution in [2.45, 2.75) is 6.92 Å². The molecule has 0 atom stereocenters. The fourth-order valence-electron chi connectivity index (χ4n) is 1.94. The van der Waals surface area contributed by atoms with Gasteiger partial charge in [-0.15, -0.1) is 0 Å². The Morgan fingerprint density at radius 1 is 1.32 bits per heavy atom. The van der Waals surface area contributed by atoms with Crippen LogP contribution in [0.3, 0.4) is 0 Å². The third-order valence-corrected chi connectivity index (χ3v) is 3.46. The van der Waals surface area contributed by atoms with Crippen molar-refractivity contribution in [1.82, 2.24) is 14.6 Å². The molecule has 0 aliphatic rings. The molecule has 92 valence electrons. The van der Waals surface area contributed by atoms with E-state index in [1.165, 1.54) is 6.20 Å². The zero-order valence-electron chi connectivity index (χ0n) is 10.1. The van der Waals surface area contributed by atoms with Crippen molar-refractivity contribution in [1.29, 1.82) is 5.26 Å². The molecule has 2 heterocycles. The van der Waals surface area contributed by atoms with Crippen LogP contribution in [0.2, 0.25) is 5.02 Å². The molecular weight excluding hydrogens is 260 g/mol. The quantitative estimate of drug-likeness (QED) is 0.681. The first kappa shape index (κ1) is 11.7. The third kappa shape index (κ3) is 1.85. The minimum Gasteiger partial charge on any atom is -0.227 e. The topological polar surface area (TPSA) is 54.0 Å². The third-order valence-electron chi connectivity index (χ3n) is 2.96. The minimum atomic E-state index is 0.450. The summed E-state index contributed by atoms with van der Waals surface area (Å²) in [6.07, 6.45) is 3.28. The molecule has 0 amide bonds. The van der Waals surface area contributed by atoms with Gasteiger partial charge in [-0.05, 0) is 18.6 Å². The fourth-order valence-corrected chi connectivity index (χ4v) is 2.17. The molecule has 0 N–H and O–H groups in total. The summed E-state index contributed by atoms with van der Waals surface area (Å²) in [6.45, 7) is 1.95. The Morgan fingerprint density at radius 2 is 2.16 bits per heavy atom. The second-order valence-corrected chi connectivity index (χ2v) is 4.57. The molecule has 0 saturated carbocycles. The lowest BCUT2D eigenvalue weighted by atomic mass is 10.1. The van der Waals surface area contributed by atoms with Crippen molar-refractivity contribution in [3.8, 4) is 17.3 Å². The van der Waals surface area contributed by atoms with E-state index in [9.17, 15) is 0 Å². The fraction of sp³-hybridized carbons (Fsp3) is 0.0714. The number of benzene rings is 1. The van der Waals surface area contributed by atoms with Gasteiger partial charge in [0, 0.05) is 11.8 Å². The summed E-state index contributed by atoms with van der Waals surface area (Å²) in [6, 6.07) is 9.71. The van der Waals surface area contributed by atoms with Gasteiger partial charge < -0.3 is 0 Å². The van der Waals surface area contributed by atoms with Gasteiger partial charge in [-0.2, -0.15) is 10.4 Å². The number of fused-ring (bicyclic) bond motifs is 1. The Morgan fingerprint density at radius 3 is 2.95 bits per heavy atom. The van der Waals surface area contributed by atoms with E-state index in [0.717, 1.165) is 16.8 Å². The van der Waals surface area contributed by atoms with E-state index in [1.807, 2.05) is 31.2 Å². The molecule has 0 aliphatic carbocycles. The van der Waals surface area contributed by atoms with Gasteiger partial charge in [-0.1, -0.05) is 29.8 Å². The van der Waals surface area contributed by atoms with Crippen molar-refractivity contribution in [2.24, 2.45) is 0 Å². The van der Waals surface area contributed by atoms with Gasteiger partial charge in [0.1, 0.15) is 11.6 Å². The van der Waals surface area contributed by atoms with E-state index in [2.05, 4.69) is 16.2 Å². The Labute approximate surface area is 114 Å². The summed E-state index contributed by atoms with van der Waals surface area (Å²) in [7, 11) is 0. The molecule has 0 fully saturated rings. The maximum Gasteiger partial charge on any atom is 0.173 e. The maximum absolute atomic E-state index is 9.02. The summed E-state index contributed by atoms with van der Waals surface area (Å²) < 4.78 is 1.58. The van der Waals surface area contributed by atoms with Gasteiger partial charge in [0.05, 0.1) is 16.9 Å². The predicted molar refractivity (Wildman–Crippen MR) is 72.9 cm³/mol. The molecule has 2 aromatic heterocycles. The van der Waals surface area contributed by atoms with Gasteiger partial charge in [-0.3, -0.25) is 0 Å². The molecule has 0 radical (unpaired) electrons. The number of aryl methyl sites for hydroxylation is 1. The smallest absolute Gasteiger partial charge is 0.173 e. The lowest BCUT2D eigenvalue weighted by Gasteiger charge is -2.06. The molecule has 0 aliphatic heterocycles. The minimum absolute atomic E-state index is 0.450. The van der Waals surface area contributed by atoms with E-state index < -0.39 is 0 Å². The van der Waals surface area contributed by atoms with E-state index in [4.69, 9.17) is 16.9 Å². The van der Waals surface area contributed by atoms with Crippen molar-refractivity contribution < 1.29 is 0 Å². The van der Waals surface area contributed by atoms with Crippen LogP contribution in [0.5, 0.6) is 0 Å². The Balaban J connectivity index is 2.26. The second-order valence-electron chi connectivity index (χ2n) is 4.19. The van der Waals surface area contributed by atoms with Gasteiger partial charge in [0.15, 0.2) is 5.65 Å². The molecule has 0 unspecified atom stereocenters. The van der Waals surface area contributed by atoms with Gasteiger partial charge in [0.25, 0.3) is 0 Å².